The van der Waals surface area contributed by atoms with E-state index >= 15 is 0 Å². The van der Waals surface area contributed by atoms with Crippen molar-refractivity contribution in [2.24, 2.45) is 5.92 Å². The van der Waals surface area contributed by atoms with Crippen LogP contribution in [0.1, 0.15) is 23.3 Å². The number of nitrogens with zero attached hydrogens (tertiary/aromatic N) is 2. The van der Waals surface area contributed by atoms with Crippen LogP contribution in [-0.4, -0.2) is 51.8 Å². The lowest BCUT2D eigenvalue weighted by molar-refractivity contribution is 0.0691. The summed E-state index contributed by atoms with van der Waals surface area (Å²) in [5, 5.41) is 20.5. The summed E-state index contributed by atoms with van der Waals surface area (Å²) in [7, 11) is 0. The van der Waals surface area contributed by atoms with Crippen molar-refractivity contribution < 1.29 is 19.8 Å². The van der Waals surface area contributed by atoms with Gasteiger partial charge >= 0.3 is 12.0 Å². The monoisotopic (exact) mass is 279 g/mol. The number of carboxylic acid groups (broad SMARTS) is 1. The minimum Gasteiger partial charge on any atom is -0.476 e. The molecule has 1 aromatic heterocycles. The standard InChI is InChI=1S/C13H17N3O4/c17-7-4-9-3-6-16(8-9)13(20)15-10-2-1-5-14-11(10)12(18)19/h1-2,5,9,17H,3-4,6-8H2,(H,15,20)(H,18,19). The third-order valence-electron chi connectivity index (χ3n) is 3.36. The highest BCUT2D eigenvalue weighted by Crippen LogP contribution is 2.20. The molecule has 0 aliphatic carbocycles. The summed E-state index contributed by atoms with van der Waals surface area (Å²) >= 11 is 0. The Kier molecular flexibility index (Phi) is 4.52. The van der Waals surface area contributed by atoms with Crippen molar-refractivity contribution in [3.05, 3.63) is 24.0 Å². The number of aliphatic hydroxyl groups excluding tert-OH is 1. The average molecular weight is 279 g/mol. The first kappa shape index (κ1) is 14.3. The van der Waals surface area contributed by atoms with Gasteiger partial charge in [0.1, 0.15) is 0 Å². The summed E-state index contributed by atoms with van der Waals surface area (Å²) in [5.74, 6) is -0.876. The lowest BCUT2D eigenvalue weighted by atomic mass is 10.1. The second kappa shape index (κ2) is 6.33. The smallest absolute Gasteiger partial charge is 0.356 e. The number of rotatable bonds is 4. The van der Waals surface area contributed by atoms with Crippen LogP contribution in [0.3, 0.4) is 0 Å². The van der Waals surface area contributed by atoms with Gasteiger partial charge in [0.05, 0.1) is 5.69 Å². The van der Waals surface area contributed by atoms with Crippen molar-refractivity contribution in [2.75, 3.05) is 25.0 Å². The van der Waals surface area contributed by atoms with E-state index in [9.17, 15) is 9.59 Å². The number of nitrogens with one attached hydrogen (secondary N) is 1. The molecule has 20 heavy (non-hydrogen) atoms. The van der Waals surface area contributed by atoms with Crippen molar-refractivity contribution in [2.45, 2.75) is 12.8 Å². The number of carboxylic acids is 1. The van der Waals surface area contributed by atoms with Gasteiger partial charge in [0.2, 0.25) is 0 Å². The van der Waals surface area contributed by atoms with Gasteiger partial charge in [0.25, 0.3) is 0 Å². The molecule has 7 nitrogen and oxygen atoms in total. The van der Waals surface area contributed by atoms with Gasteiger partial charge < -0.3 is 20.4 Å². The van der Waals surface area contributed by atoms with Crippen molar-refractivity contribution in [3.8, 4) is 0 Å². The Morgan fingerprint density at radius 3 is 3.00 bits per heavy atom. The van der Waals surface area contributed by atoms with E-state index in [2.05, 4.69) is 10.3 Å². The normalized spacial score (nSPS) is 18.1. The molecule has 0 bridgehead atoms. The van der Waals surface area contributed by atoms with E-state index in [4.69, 9.17) is 10.2 Å². The summed E-state index contributed by atoms with van der Waals surface area (Å²) in [6.07, 6.45) is 2.90. The predicted molar refractivity (Wildman–Crippen MR) is 71.6 cm³/mol. The SMILES string of the molecule is O=C(O)c1ncccc1NC(=O)N1CCC(CCO)C1. The van der Waals surface area contributed by atoms with Gasteiger partial charge in [-0.3, -0.25) is 0 Å². The van der Waals surface area contributed by atoms with Gasteiger partial charge in [-0.25, -0.2) is 14.6 Å². The number of likely N-dealkylation sites (tertiary alicyclic amines) is 1. The molecule has 2 rings (SSSR count). The first-order chi connectivity index (χ1) is 9.61. The summed E-state index contributed by atoms with van der Waals surface area (Å²) < 4.78 is 0. The molecule has 1 unspecified atom stereocenters. The number of anilines is 1. The Morgan fingerprint density at radius 1 is 1.50 bits per heavy atom. The molecule has 1 saturated heterocycles. The van der Waals surface area contributed by atoms with Crippen molar-refractivity contribution in [1.82, 2.24) is 9.88 Å². The highest BCUT2D eigenvalue weighted by molar-refractivity contribution is 5.98. The van der Waals surface area contributed by atoms with E-state index in [0.717, 1.165) is 6.42 Å². The molecule has 0 spiro atoms. The number of pyridine rings is 1. The molecule has 1 atom stereocenters. The summed E-state index contributed by atoms with van der Waals surface area (Å²) in [6.45, 7) is 1.31. The van der Waals surface area contributed by atoms with Crippen molar-refractivity contribution in [3.63, 3.8) is 0 Å². The van der Waals surface area contributed by atoms with E-state index in [1.165, 1.54) is 12.3 Å². The number of aromatic nitrogens is 1. The molecular weight excluding hydrogens is 262 g/mol. The summed E-state index contributed by atoms with van der Waals surface area (Å²) in [6, 6.07) is 2.75. The topological polar surface area (TPSA) is 103 Å². The number of hydrogen-bond acceptors (Lipinski definition) is 4. The van der Waals surface area contributed by atoms with Crippen LogP contribution in [0, 0.1) is 5.92 Å². The maximum absolute atomic E-state index is 12.1. The summed E-state index contributed by atoms with van der Waals surface area (Å²) in [5.41, 5.74) is 0.0163. The fraction of sp³-hybridized carbons (Fsp3) is 0.462. The second-order valence-electron chi connectivity index (χ2n) is 4.75. The minimum atomic E-state index is -1.18. The molecule has 1 aliphatic heterocycles. The molecule has 0 saturated carbocycles. The third kappa shape index (κ3) is 3.24. The molecule has 108 valence electrons. The maximum Gasteiger partial charge on any atom is 0.356 e. The second-order valence-corrected chi connectivity index (χ2v) is 4.75. The molecule has 0 aromatic carbocycles. The fourth-order valence-electron chi connectivity index (χ4n) is 2.31. The molecule has 2 heterocycles. The van der Waals surface area contributed by atoms with E-state index < -0.39 is 5.97 Å². The number of carbonyl (C=O) groups is 2. The maximum atomic E-state index is 12.1. The van der Waals surface area contributed by atoms with E-state index in [1.54, 1.807) is 11.0 Å². The Hall–Kier alpha value is -2.15. The van der Waals surface area contributed by atoms with Crippen LogP contribution in [0.5, 0.6) is 0 Å². The van der Waals surface area contributed by atoms with Gasteiger partial charge in [-0.2, -0.15) is 0 Å². The van der Waals surface area contributed by atoms with Gasteiger partial charge in [-0.15, -0.1) is 0 Å². The number of aromatic carboxylic acids is 1. The highest BCUT2D eigenvalue weighted by Gasteiger charge is 2.26. The minimum absolute atomic E-state index is 0.117. The van der Waals surface area contributed by atoms with E-state index in [0.29, 0.717) is 25.4 Å². The molecule has 3 N–H and O–H groups in total. The lowest BCUT2D eigenvalue weighted by Crippen LogP contribution is -2.33. The molecular formula is C13H17N3O4. The van der Waals surface area contributed by atoms with Crippen LogP contribution in [0.4, 0.5) is 10.5 Å². The fourth-order valence-corrected chi connectivity index (χ4v) is 2.31. The zero-order valence-corrected chi connectivity index (χ0v) is 11.0. The first-order valence-corrected chi connectivity index (χ1v) is 6.47. The number of amides is 2. The Bertz CT molecular complexity index is 506. The Morgan fingerprint density at radius 2 is 2.30 bits per heavy atom. The average Bonchev–Trinajstić information content (AvgIpc) is 2.88. The number of hydrogen-bond donors (Lipinski definition) is 3. The van der Waals surface area contributed by atoms with Crippen molar-refractivity contribution in [1.29, 1.82) is 0 Å². The van der Waals surface area contributed by atoms with Crippen molar-refractivity contribution >= 4 is 17.7 Å². The van der Waals surface area contributed by atoms with Crippen LogP contribution >= 0.6 is 0 Å². The zero-order chi connectivity index (χ0) is 14.5. The highest BCUT2D eigenvalue weighted by atomic mass is 16.4. The molecule has 1 fully saturated rings. The van der Waals surface area contributed by atoms with Crippen LogP contribution in [0.25, 0.3) is 0 Å². The molecule has 0 radical (unpaired) electrons. The number of urea groups is 1. The van der Waals surface area contributed by atoms with Crippen LogP contribution in [0.2, 0.25) is 0 Å². The first-order valence-electron chi connectivity index (χ1n) is 6.47. The van der Waals surface area contributed by atoms with E-state index in [-0.39, 0.29) is 24.0 Å². The van der Waals surface area contributed by atoms with Crippen LogP contribution < -0.4 is 5.32 Å². The zero-order valence-electron chi connectivity index (χ0n) is 11.0. The molecule has 1 aromatic rings. The number of carbonyl (C=O) groups excluding carboxylic acids is 1. The lowest BCUT2D eigenvalue weighted by Gasteiger charge is -2.17. The molecule has 7 heteroatoms. The summed E-state index contributed by atoms with van der Waals surface area (Å²) in [4.78, 5) is 28.4. The van der Waals surface area contributed by atoms with Crippen LogP contribution in [0.15, 0.2) is 18.3 Å². The van der Waals surface area contributed by atoms with Gasteiger partial charge in [-0.05, 0) is 30.9 Å². The van der Waals surface area contributed by atoms with Gasteiger partial charge in [0.15, 0.2) is 5.69 Å². The third-order valence-corrected chi connectivity index (χ3v) is 3.36. The quantitative estimate of drug-likeness (QED) is 0.763. The molecule has 2 amide bonds. The number of aliphatic hydroxyl groups is 1. The Balaban J connectivity index is 2.00. The largest absolute Gasteiger partial charge is 0.476 e. The van der Waals surface area contributed by atoms with Gasteiger partial charge in [-0.1, -0.05) is 0 Å². The molecule has 1 aliphatic rings. The predicted octanol–water partition coefficient (Wildman–Crippen LogP) is 1.02. The Labute approximate surface area is 116 Å². The van der Waals surface area contributed by atoms with Crippen LogP contribution in [-0.2, 0) is 0 Å². The van der Waals surface area contributed by atoms with E-state index in [1.807, 2.05) is 0 Å². The van der Waals surface area contributed by atoms with Gasteiger partial charge in [0, 0.05) is 25.9 Å².